The van der Waals surface area contributed by atoms with Crippen molar-refractivity contribution in [2.75, 3.05) is 5.32 Å². The molecule has 2 heterocycles. The fourth-order valence-electron chi connectivity index (χ4n) is 2.12. The molecule has 2 aromatic rings. The van der Waals surface area contributed by atoms with Gasteiger partial charge in [-0.2, -0.15) is 5.26 Å². The normalized spacial score (nSPS) is 11.2. The number of rotatable bonds is 4. The number of aryl methyl sites for hydroxylation is 1. The SMILES string of the molecule is CCc1nc(CC(=O)Nc2cc(C#N)cn2C(C)(C)C)cs1. The molecule has 22 heavy (non-hydrogen) atoms. The highest BCUT2D eigenvalue weighted by molar-refractivity contribution is 7.09. The Hall–Kier alpha value is -2.13. The molecule has 1 N–H and O–H groups in total. The number of carbonyl (C=O) groups is 1. The zero-order valence-electron chi connectivity index (χ0n) is 13.3. The van der Waals surface area contributed by atoms with E-state index in [0.717, 1.165) is 17.1 Å². The predicted molar refractivity (Wildman–Crippen MR) is 88.0 cm³/mol. The molecule has 0 saturated heterocycles. The number of aromatic nitrogens is 2. The molecule has 1 amide bonds. The molecule has 0 saturated carbocycles. The lowest BCUT2D eigenvalue weighted by molar-refractivity contribution is -0.115. The molecule has 0 bridgehead atoms. The molecule has 5 nitrogen and oxygen atoms in total. The minimum Gasteiger partial charge on any atom is -0.328 e. The highest BCUT2D eigenvalue weighted by Gasteiger charge is 2.19. The first-order valence-electron chi connectivity index (χ1n) is 7.19. The van der Waals surface area contributed by atoms with Crippen LogP contribution < -0.4 is 5.32 Å². The largest absolute Gasteiger partial charge is 0.328 e. The van der Waals surface area contributed by atoms with Crippen molar-refractivity contribution in [1.29, 1.82) is 5.26 Å². The summed E-state index contributed by atoms with van der Waals surface area (Å²) in [4.78, 5) is 16.6. The van der Waals surface area contributed by atoms with Crippen molar-refractivity contribution in [2.24, 2.45) is 0 Å². The van der Waals surface area contributed by atoms with E-state index in [-0.39, 0.29) is 17.9 Å². The molecule has 0 aliphatic rings. The molecule has 2 rings (SSSR count). The van der Waals surface area contributed by atoms with Crippen LogP contribution in [-0.4, -0.2) is 15.5 Å². The van der Waals surface area contributed by atoms with E-state index in [1.165, 1.54) is 0 Å². The van der Waals surface area contributed by atoms with Crippen LogP contribution in [0.2, 0.25) is 0 Å². The van der Waals surface area contributed by atoms with Gasteiger partial charge in [-0.05, 0) is 33.3 Å². The minimum atomic E-state index is -0.215. The van der Waals surface area contributed by atoms with Gasteiger partial charge in [-0.1, -0.05) is 6.92 Å². The van der Waals surface area contributed by atoms with Gasteiger partial charge in [-0.15, -0.1) is 11.3 Å². The number of carbonyl (C=O) groups excluding carboxylic acids is 1. The Kier molecular flexibility index (Phi) is 4.67. The number of anilines is 1. The molecule has 0 spiro atoms. The maximum absolute atomic E-state index is 12.2. The Bertz CT molecular complexity index is 715. The van der Waals surface area contributed by atoms with Crippen molar-refractivity contribution < 1.29 is 4.79 Å². The van der Waals surface area contributed by atoms with Crippen molar-refractivity contribution in [1.82, 2.24) is 9.55 Å². The van der Waals surface area contributed by atoms with Crippen LogP contribution in [-0.2, 0) is 23.2 Å². The van der Waals surface area contributed by atoms with Crippen molar-refractivity contribution in [3.8, 4) is 6.07 Å². The van der Waals surface area contributed by atoms with E-state index in [1.54, 1.807) is 23.6 Å². The lowest BCUT2D eigenvalue weighted by atomic mass is 10.1. The molecule has 0 aliphatic carbocycles. The van der Waals surface area contributed by atoms with E-state index in [1.807, 2.05) is 37.6 Å². The molecule has 2 aromatic heterocycles. The van der Waals surface area contributed by atoms with Crippen LogP contribution in [0.15, 0.2) is 17.6 Å². The number of hydrogen-bond acceptors (Lipinski definition) is 4. The Morgan fingerprint density at radius 1 is 1.50 bits per heavy atom. The van der Waals surface area contributed by atoms with Gasteiger partial charge < -0.3 is 9.88 Å². The van der Waals surface area contributed by atoms with E-state index < -0.39 is 0 Å². The van der Waals surface area contributed by atoms with Gasteiger partial charge in [0.15, 0.2) is 0 Å². The summed E-state index contributed by atoms with van der Waals surface area (Å²) in [6.45, 7) is 8.12. The second-order valence-electron chi connectivity index (χ2n) is 6.08. The second-order valence-corrected chi connectivity index (χ2v) is 7.02. The summed E-state index contributed by atoms with van der Waals surface area (Å²) in [5.74, 6) is 0.515. The first kappa shape index (κ1) is 16.2. The van der Waals surface area contributed by atoms with E-state index in [0.29, 0.717) is 11.4 Å². The van der Waals surface area contributed by atoms with Gasteiger partial charge >= 0.3 is 0 Å². The van der Waals surface area contributed by atoms with Crippen LogP contribution in [0.25, 0.3) is 0 Å². The van der Waals surface area contributed by atoms with E-state index >= 15 is 0 Å². The molecule has 0 aliphatic heterocycles. The molecule has 0 aromatic carbocycles. The van der Waals surface area contributed by atoms with Gasteiger partial charge in [0.25, 0.3) is 0 Å². The van der Waals surface area contributed by atoms with Crippen molar-refractivity contribution in [2.45, 2.75) is 46.1 Å². The topological polar surface area (TPSA) is 70.7 Å². The van der Waals surface area contributed by atoms with Crippen LogP contribution in [0.3, 0.4) is 0 Å². The zero-order chi connectivity index (χ0) is 16.3. The Labute approximate surface area is 134 Å². The summed E-state index contributed by atoms with van der Waals surface area (Å²) < 4.78 is 1.90. The maximum atomic E-state index is 12.2. The molecule has 0 atom stereocenters. The molecule has 116 valence electrons. The summed E-state index contributed by atoms with van der Waals surface area (Å²) in [6.07, 6.45) is 2.88. The zero-order valence-corrected chi connectivity index (χ0v) is 14.1. The fraction of sp³-hybridized carbons (Fsp3) is 0.438. The first-order chi connectivity index (χ1) is 10.3. The van der Waals surface area contributed by atoms with Crippen LogP contribution in [0, 0.1) is 11.3 Å². The van der Waals surface area contributed by atoms with Crippen LogP contribution in [0.1, 0.15) is 44.0 Å². The first-order valence-corrected chi connectivity index (χ1v) is 8.07. The minimum absolute atomic E-state index is 0.124. The molecule has 0 fully saturated rings. The van der Waals surface area contributed by atoms with Gasteiger partial charge in [0.2, 0.25) is 5.91 Å². The molecular weight excluding hydrogens is 296 g/mol. The van der Waals surface area contributed by atoms with Gasteiger partial charge in [-0.3, -0.25) is 4.79 Å². The quantitative estimate of drug-likeness (QED) is 0.940. The maximum Gasteiger partial charge on any atom is 0.231 e. The third-order valence-electron chi connectivity index (χ3n) is 3.18. The van der Waals surface area contributed by atoms with Gasteiger partial charge in [-0.25, -0.2) is 4.98 Å². The number of nitrogens with zero attached hydrogens (tertiary/aromatic N) is 3. The predicted octanol–water partition coefficient (Wildman–Crippen LogP) is 3.31. The average molecular weight is 316 g/mol. The van der Waals surface area contributed by atoms with Gasteiger partial charge in [0, 0.05) is 17.1 Å². The third-order valence-corrected chi connectivity index (χ3v) is 4.22. The molecule has 6 heteroatoms. The van der Waals surface area contributed by atoms with Crippen LogP contribution in [0.5, 0.6) is 0 Å². The smallest absolute Gasteiger partial charge is 0.231 e. The van der Waals surface area contributed by atoms with Gasteiger partial charge in [0.05, 0.1) is 22.7 Å². The van der Waals surface area contributed by atoms with E-state index in [2.05, 4.69) is 16.4 Å². The third kappa shape index (κ3) is 3.74. The number of nitrogens with one attached hydrogen (secondary N) is 1. The summed E-state index contributed by atoms with van der Waals surface area (Å²) in [5, 5.41) is 14.9. The number of nitriles is 1. The highest BCUT2D eigenvalue weighted by atomic mass is 32.1. The molecule has 0 radical (unpaired) electrons. The summed E-state index contributed by atoms with van der Waals surface area (Å²) >= 11 is 1.57. The Morgan fingerprint density at radius 2 is 2.23 bits per heavy atom. The summed E-state index contributed by atoms with van der Waals surface area (Å²) in [5.41, 5.74) is 1.11. The lowest BCUT2D eigenvalue weighted by Gasteiger charge is -2.24. The highest BCUT2D eigenvalue weighted by Crippen LogP contribution is 2.24. The Balaban J connectivity index is 2.14. The van der Waals surface area contributed by atoms with Crippen molar-refractivity contribution in [3.63, 3.8) is 0 Å². The van der Waals surface area contributed by atoms with Gasteiger partial charge in [0.1, 0.15) is 11.9 Å². The van der Waals surface area contributed by atoms with Crippen molar-refractivity contribution >= 4 is 23.1 Å². The summed E-state index contributed by atoms with van der Waals surface area (Å²) in [7, 11) is 0. The summed E-state index contributed by atoms with van der Waals surface area (Å²) in [6, 6.07) is 3.81. The van der Waals surface area contributed by atoms with E-state index in [9.17, 15) is 4.79 Å². The number of hydrogen-bond donors (Lipinski definition) is 1. The monoisotopic (exact) mass is 316 g/mol. The van der Waals surface area contributed by atoms with Crippen molar-refractivity contribution in [3.05, 3.63) is 33.9 Å². The molecular formula is C16H20N4OS. The lowest BCUT2D eigenvalue weighted by Crippen LogP contribution is -2.25. The average Bonchev–Trinajstić information content (AvgIpc) is 3.04. The number of thiazole rings is 1. The second kappa shape index (κ2) is 6.32. The van der Waals surface area contributed by atoms with Crippen LogP contribution in [0.4, 0.5) is 5.82 Å². The van der Waals surface area contributed by atoms with Crippen LogP contribution >= 0.6 is 11.3 Å². The Morgan fingerprint density at radius 3 is 2.77 bits per heavy atom. The standard InChI is InChI=1S/C16H20N4OS/c1-5-15-18-12(10-22-15)7-14(21)19-13-6-11(8-17)9-20(13)16(2,3)4/h6,9-10H,5,7H2,1-4H3,(H,19,21). The number of amides is 1. The molecule has 0 unspecified atom stereocenters. The van der Waals surface area contributed by atoms with E-state index in [4.69, 9.17) is 5.26 Å². The fourth-order valence-corrected chi connectivity index (χ4v) is 2.86.